The van der Waals surface area contributed by atoms with Gasteiger partial charge in [-0.2, -0.15) is 0 Å². The van der Waals surface area contributed by atoms with Gasteiger partial charge in [0.25, 0.3) is 0 Å². The van der Waals surface area contributed by atoms with Gasteiger partial charge < -0.3 is 14.0 Å². The molecule has 0 fully saturated rings. The maximum Gasteiger partial charge on any atom is 0.120 e. The number of rotatable bonds is 5. The van der Waals surface area contributed by atoms with Gasteiger partial charge in [0.15, 0.2) is 0 Å². The van der Waals surface area contributed by atoms with Gasteiger partial charge in [0, 0.05) is 42.9 Å². The minimum atomic E-state index is -1.28. The fraction of sp³-hybridized carbons (Fsp3) is 0.106. The topological polar surface area (TPSA) is 43.9 Å². The summed E-state index contributed by atoms with van der Waals surface area (Å²) in [4.78, 5) is 9.70. The Morgan fingerprint density at radius 3 is 2.23 bits per heavy atom. The number of furan rings is 1. The molecule has 0 N–H and O–H groups in total. The zero-order valence-electron chi connectivity index (χ0n) is 30.4. The number of hydrogen-bond donors (Lipinski definition) is 0. The molecule has 3 aromatic heterocycles. The molecule has 0 atom stereocenters. The molecule has 1 radical (unpaired) electrons. The number of imidazole rings is 1. The average molecular weight is 882 g/mol. The molecule has 0 saturated carbocycles. The second-order valence-corrected chi connectivity index (χ2v) is 19.3. The smallest absolute Gasteiger partial charge is 0.120 e. The van der Waals surface area contributed by atoms with E-state index in [1.807, 2.05) is 42.5 Å². The SMILES string of the molecule is Cc1c[c-]c(-c2cc(C)c([Si](C)(C)C)cn2)cc1.[Ir].[c-]1ccc2c(oc3ccccc32)c1-c1nc2ccccc2n1-c1ccccc1-c1ccccc1. The Kier molecular flexibility index (Phi) is 10.1. The first-order chi connectivity index (χ1) is 25.3. The van der Waals surface area contributed by atoms with Crippen LogP contribution in [0.3, 0.4) is 0 Å². The number of pyridine rings is 1. The molecule has 53 heavy (non-hydrogen) atoms. The second kappa shape index (κ2) is 14.9. The fourth-order valence-corrected chi connectivity index (χ4v) is 8.68. The van der Waals surface area contributed by atoms with Gasteiger partial charge in [0.2, 0.25) is 0 Å². The quantitative estimate of drug-likeness (QED) is 0.128. The van der Waals surface area contributed by atoms with Crippen molar-refractivity contribution in [3.8, 4) is 39.5 Å². The van der Waals surface area contributed by atoms with E-state index in [0.29, 0.717) is 0 Å². The van der Waals surface area contributed by atoms with Crippen LogP contribution in [0.2, 0.25) is 19.6 Å². The van der Waals surface area contributed by atoms with Gasteiger partial charge in [-0.1, -0.05) is 128 Å². The van der Waals surface area contributed by atoms with Gasteiger partial charge in [-0.15, -0.1) is 53.6 Å². The summed E-state index contributed by atoms with van der Waals surface area (Å²) >= 11 is 0. The van der Waals surface area contributed by atoms with Crippen molar-refractivity contribution < 1.29 is 24.5 Å². The molecule has 6 aromatic carbocycles. The number of benzene rings is 6. The molecule has 9 rings (SSSR count). The van der Waals surface area contributed by atoms with Crippen LogP contribution in [0.1, 0.15) is 11.1 Å². The molecular formula is C47H39IrN3OSi-2. The first kappa shape index (κ1) is 36.0. The van der Waals surface area contributed by atoms with E-state index in [1.165, 1.54) is 16.3 Å². The van der Waals surface area contributed by atoms with Crippen molar-refractivity contribution in [3.63, 3.8) is 0 Å². The molecule has 0 aliphatic heterocycles. The number of nitrogens with zero attached hydrogens (tertiary/aromatic N) is 3. The Hall–Kier alpha value is -5.39. The summed E-state index contributed by atoms with van der Waals surface area (Å²) in [5.41, 5.74) is 12.6. The average Bonchev–Trinajstić information content (AvgIpc) is 3.74. The summed E-state index contributed by atoms with van der Waals surface area (Å²) in [6.07, 6.45) is 2.06. The number of hydrogen-bond acceptors (Lipinski definition) is 3. The van der Waals surface area contributed by atoms with Gasteiger partial charge in [-0.3, -0.25) is 4.98 Å². The van der Waals surface area contributed by atoms with Crippen LogP contribution in [0, 0.1) is 26.0 Å². The number of para-hydroxylation sites is 4. The van der Waals surface area contributed by atoms with Crippen molar-refractivity contribution in [1.29, 1.82) is 0 Å². The van der Waals surface area contributed by atoms with Crippen molar-refractivity contribution in [2.75, 3.05) is 0 Å². The predicted molar refractivity (Wildman–Crippen MR) is 219 cm³/mol. The van der Waals surface area contributed by atoms with Gasteiger partial charge in [0.1, 0.15) is 5.58 Å². The molecule has 6 heteroatoms. The van der Waals surface area contributed by atoms with Crippen molar-refractivity contribution in [2.45, 2.75) is 33.5 Å². The van der Waals surface area contributed by atoms with Crippen molar-refractivity contribution in [1.82, 2.24) is 14.5 Å². The maximum atomic E-state index is 6.36. The van der Waals surface area contributed by atoms with E-state index in [0.717, 1.165) is 72.4 Å². The monoisotopic (exact) mass is 882 g/mol. The van der Waals surface area contributed by atoms with E-state index < -0.39 is 8.07 Å². The van der Waals surface area contributed by atoms with E-state index in [9.17, 15) is 0 Å². The predicted octanol–water partition coefficient (Wildman–Crippen LogP) is 11.8. The summed E-state index contributed by atoms with van der Waals surface area (Å²) in [6.45, 7) is 11.3. The first-order valence-electron chi connectivity index (χ1n) is 17.7. The van der Waals surface area contributed by atoms with E-state index in [4.69, 9.17) is 9.40 Å². The van der Waals surface area contributed by atoms with E-state index >= 15 is 0 Å². The molecule has 263 valence electrons. The van der Waals surface area contributed by atoms with Crippen LogP contribution in [-0.4, -0.2) is 22.6 Å². The second-order valence-electron chi connectivity index (χ2n) is 14.3. The van der Waals surface area contributed by atoms with E-state index in [2.05, 4.69) is 158 Å². The Balaban J connectivity index is 0.000000195. The molecule has 0 spiro atoms. The van der Waals surface area contributed by atoms with E-state index in [-0.39, 0.29) is 20.1 Å². The van der Waals surface area contributed by atoms with E-state index in [1.54, 1.807) is 0 Å². The third-order valence-corrected chi connectivity index (χ3v) is 11.7. The summed E-state index contributed by atoms with van der Waals surface area (Å²) in [5, 5.41) is 3.61. The Bertz CT molecular complexity index is 2690. The third kappa shape index (κ3) is 7.06. The summed E-state index contributed by atoms with van der Waals surface area (Å²) in [6, 6.07) is 54.5. The Morgan fingerprint density at radius 2 is 1.45 bits per heavy atom. The zero-order valence-corrected chi connectivity index (χ0v) is 33.8. The van der Waals surface area contributed by atoms with Crippen molar-refractivity contribution >= 4 is 46.2 Å². The largest absolute Gasteiger partial charge is 0.501 e. The molecule has 0 saturated heterocycles. The molecule has 0 aliphatic rings. The Morgan fingerprint density at radius 1 is 0.717 bits per heavy atom. The number of aromatic nitrogens is 3. The van der Waals surface area contributed by atoms with Crippen LogP contribution in [-0.2, 0) is 20.1 Å². The summed E-state index contributed by atoms with van der Waals surface area (Å²) in [7, 11) is -1.28. The third-order valence-electron chi connectivity index (χ3n) is 9.52. The van der Waals surface area contributed by atoms with Crippen LogP contribution in [0.4, 0.5) is 0 Å². The van der Waals surface area contributed by atoms with Crippen molar-refractivity contribution in [3.05, 3.63) is 169 Å². The van der Waals surface area contributed by atoms with Gasteiger partial charge in [-0.25, -0.2) is 0 Å². The van der Waals surface area contributed by atoms with Crippen LogP contribution in [0.25, 0.3) is 72.4 Å². The molecule has 0 unspecified atom stereocenters. The Labute approximate surface area is 325 Å². The van der Waals surface area contributed by atoms with Crippen LogP contribution in [0.5, 0.6) is 0 Å². The van der Waals surface area contributed by atoms with Gasteiger partial charge >= 0.3 is 0 Å². The number of fused-ring (bicyclic) bond motifs is 4. The summed E-state index contributed by atoms with van der Waals surface area (Å²) < 4.78 is 8.59. The molecule has 9 aromatic rings. The minimum Gasteiger partial charge on any atom is -0.501 e. The molecule has 3 heterocycles. The van der Waals surface area contributed by atoms with Crippen molar-refractivity contribution in [2.24, 2.45) is 0 Å². The molecule has 0 aliphatic carbocycles. The summed E-state index contributed by atoms with van der Waals surface area (Å²) in [5.74, 6) is 0.814. The first-order valence-corrected chi connectivity index (χ1v) is 21.2. The zero-order chi connectivity index (χ0) is 35.8. The van der Waals surface area contributed by atoms with Crippen LogP contribution in [0.15, 0.2) is 150 Å². The van der Waals surface area contributed by atoms with Crippen LogP contribution < -0.4 is 5.19 Å². The maximum absolute atomic E-state index is 6.36. The van der Waals surface area contributed by atoms with Gasteiger partial charge in [0.05, 0.1) is 30.5 Å². The minimum absolute atomic E-state index is 0. The van der Waals surface area contributed by atoms with Gasteiger partial charge in [-0.05, 0) is 47.6 Å². The molecule has 4 nitrogen and oxygen atoms in total. The normalized spacial score (nSPS) is 11.3. The number of aryl methyl sites for hydroxylation is 2. The fourth-order valence-electron chi connectivity index (χ4n) is 6.97. The molecule has 0 amide bonds. The standard InChI is InChI=1S/C31H19N2O.C16H20NSi.Ir/c1-2-11-21(12-3-1)22-13-4-7-18-27(22)33-28-19-8-6-17-26(28)32-31(33)25-16-10-15-24-23-14-5-9-20-29(23)34-30(24)25;1-12-6-8-14(9-7-12)15-10-13(2)16(11-17-15)18(3,4)5;/h1-15,17-20H;6-8,10-11H,1-5H3;/q2*-1;. The molecular weight excluding hydrogens is 843 g/mol. The molecule has 0 bridgehead atoms. The van der Waals surface area contributed by atoms with Crippen LogP contribution >= 0.6 is 0 Å².